The second kappa shape index (κ2) is 10.4. The van der Waals surface area contributed by atoms with E-state index in [-0.39, 0.29) is 5.91 Å². The molecule has 0 N–H and O–H groups in total. The van der Waals surface area contributed by atoms with Gasteiger partial charge in [-0.2, -0.15) is 0 Å². The van der Waals surface area contributed by atoms with Gasteiger partial charge in [0.25, 0.3) is 0 Å². The summed E-state index contributed by atoms with van der Waals surface area (Å²) in [4.78, 5) is 16.5. The highest BCUT2D eigenvalue weighted by Gasteiger charge is 2.13. The van der Waals surface area contributed by atoms with Crippen molar-refractivity contribution >= 4 is 46.6 Å². The van der Waals surface area contributed by atoms with Crippen LogP contribution in [0.4, 0.5) is 5.69 Å². The number of carbonyl (C=O) groups excluding carboxylic acids is 1. The van der Waals surface area contributed by atoms with Crippen LogP contribution in [-0.2, 0) is 21.8 Å². The maximum Gasteiger partial charge on any atom is 0.232 e. The predicted molar refractivity (Wildman–Crippen MR) is 119 cm³/mol. The summed E-state index contributed by atoms with van der Waals surface area (Å²) in [5, 5.41) is 1.26. The van der Waals surface area contributed by atoms with Crippen molar-refractivity contribution < 1.29 is 9.53 Å². The van der Waals surface area contributed by atoms with E-state index in [1.54, 1.807) is 22.7 Å². The van der Waals surface area contributed by atoms with Crippen LogP contribution in [0.5, 0.6) is 0 Å². The Morgan fingerprint density at radius 3 is 2.54 bits per heavy atom. The normalized spacial score (nSPS) is 14.2. The van der Waals surface area contributed by atoms with E-state index in [1.807, 2.05) is 19.2 Å². The molecule has 150 valence electrons. The Morgan fingerprint density at radius 2 is 1.86 bits per heavy atom. The molecule has 0 radical (unpaired) electrons. The summed E-state index contributed by atoms with van der Waals surface area (Å²) in [6, 6.07) is 13.9. The lowest BCUT2D eigenvalue weighted by Gasteiger charge is -2.29. The molecule has 3 rings (SSSR count). The van der Waals surface area contributed by atoms with Crippen molar-refractivity contribution in [3.05, 3.63) is 63.6 Å². The fourth-order valence-corrected chi connectivity index (χ4v) is 4.52. The molecule has 0 bridgehead atoms. The van der Waals surface area contributed by atoms with Gasteiger partial charge in [0.1, 0.15) is 0 Å². The number of morpholine rings is 1. The number of hydrogen-bond donors (Lipinski definition) is 0. The monoisotopic (exact) mass is 438 g/mol. The number of thioether (sulfide) groups is 1. The largest absolute Gasteiger partial charge is 0.378 e. The average molecular weight is 439 g/mol. The third kappa shape index (κ3) is 6.05. The van der Waals surface area contributed by atoms with Crippen LogP contribution >= 0.6 is 35.0 Å². The molecule has 0 spiro atoms. The van der Waals surface area contributed by atoms with Gasteiger partial charge in [-0.3, -0.25) is 4.79 Å². The van der Waals surface area contributed by atoms with Crippen molar-refractivity contribution in [3.8, 4) is 0 Å². The van der Waals surface area contributed by atoms with Crippen molar-refractivity contribution in [1.29, 1.82) is 0 Å². The molecular weight excluding hydrogens is 415 g/mol. The van der Waals surface area contributed by atoms with Crippen LogP contribution in [0.25, 0.3) is 0 Å². The number of benzene rings is 2. The minimum Gasteiger partial charge on any atom is -0.378 e. The van der Waals surface area contributed by atoms with E-state index in [4.69, 9.17) is 27.9 Å². The molecular formula is C21H24Cl2N2O2S. The van der Waals surface area contributed by atoms with Crippen LogP contribution in [0.3, 0.4) is 0 Å². The number of rotatable bonds is 7. The van der Waals surface area contributed by atoms with Gasteiger partial charge in [0, 0.05) is 48.2 Å². The zero-order chi connectivity index (χ0) is 19.9. The van der Waals surface area contributed by atoms with Gasteiger partial charge in [-0.15, -0.1) is 11.8 Å². The SMILES string of the molecule is CN(Cc1ccc(N2CCOCC2)cc1)C(=O)CSCc1ccc(Cl)cc1Cl. The van der Waals surface area contributed by atoms with E-state index in [2.05, 4.69) is 29.2 Å². The molecule has 1 fully saturated rings. The smallest absolute Gasteiger partial charge is 0.232 e. The number of carbonyl (C=O) groups is 1. The molecule has 28 heavy (non-hydrogen) atoms. The molecule has 2 aromatic rings. The van der Waals surface area contributed by atoms with Crippen LogP contribution < -0.4 is 4.90 Å². The molecule has 1 amide bonds. The average Bonchev–Trinajstić information content (AvgIpc) is 2.70. The van der Waals surface area contributed by atoms with Gasteiger partial charge < -0.3 is 14.5 Å². The van der Waals surface area contributed by atoms with Crippen LogP contribution in [0.15, 0.2) is 42.5 Å². The second-order valence-corrected chi connectivity index (χ2v) is 8.57. The molecule has 0 aliphatic carbocycles. The summed E-state index contributed by atoms with van der Waals surface area (Å²) in [5.74, 6) is 1.21. The summed E-state index contributed by atoms with van der Waals surface area (Å²) in [6.07, 6.45) is 0. The standard InChI is InChI=1S/C21H24Cl2N2O2S/c1-24(21(26)15-28-14-17-4-5-18(22)12-20(17)23)13-16-2-6-19(7-3-16)25-8-10-27-11-9-25/h2-7,12H,8-11,13-15H2,1H3. The molecule has 0 saturated carbocycles. The third-order valence-electron chi connectivity index (χ3n) is 4.66. The molecule has 1 aliphatic heterocycles. The highest BCUT2D eigenvalue weighted by atomic mass is 35.5. The van der Waals surface area contributed by atoms with Crippen LogP contribution in [0.1, 0.15) is 11.1 Å². The summed E-state index contributed by atoms with van der Waals surface area (Å²) < 4.78 is 5.40. The van der Waals surface area contributed by atoms with E-state index in [0.717, 1.165) is 37.4 Å². The fourth-order valence-electron chi connectivity index (χ4n) is 2.99. The van der Waals surface area contributed by atoms with E-state index in [9.17, 15) is 4.79 Å². The topological polar surface area (TPSA) is 32.8 Å². The van der Waals surface area contributed by atoms with E-state index in [0.29, 0.717) is 28.1 Å². The highest BCUT2D eigenvalue weighted by Crippen LogP contribution is 2.25. The predicted octanol–water partition coefficient (Wildman–Crippen LogP) is 4.72. The molecule has 1 saturated heterocycles. The number of hydrogen-bond acceptors (Lipinski definition) is 4. The van der Waals surface area contributed by atoms with Gasteiger partial charge >= 0.3 is 0 Å². The fraction of sp³-hybridized carbons (Fsp3) is 0.381. The van der Waals surface area contributed by atoms with Crippen molar-refractivity contribution in [3.63, 3.8) is 0 Å². The first-order valence-corrected chi connectivity index (χ1v) is 11.1. The summed E-state index contributed by atoms with van der Waals surface area (Å²) >= 11 is 13.7. The minimum absolute atomic E-state index is 0.104. The Hall–Kier alpha value is -1.40. The molecule has 1 heterocycles. The Kier molecular flexibility index (Phi) is 7.91. The Labute approximate surface area is 180 Å². The van der Waals surface area contributed by atoms with E-state index in [1.165, 1.54) is 5.69 Å². The van der Waals surface area contributed by atoms with Crippen LogP contribution in [-0.4, -0.2) is 49.9 Å². The number of nitrogens with zero attached hydrogens (tertiary/aromatic N) is 2. The Bertz CT molecular complexity index is 795. The first kappa shape index (κ1) is 21.3. The van der Waals surface area contributed by atoms with Crippen LogP contribution in [0, 0.1) is 0 Å². The van der Waals surface area contributed by atoms with Crippen molar-refractivity contribution in [1.82, 2.24) is 4.90 Å². The maximum atomic E-state index is 12.4. The molecule has 4 nitrogen and oxygen atoms in total. The molecule has 1 aliphatic rings. The molecule has 2 aromatic carbocycles. The van der Waals surface area contributed by atoms with Gasteiger partial charge in [0.05, 0.1) is 19.0 Å². The zero-order valence-electron chi connectivity index (χ0n) is 15.9. The Balaban J connectivity index is 1.45. The third-order valence-corrected chi connectivity index (χ3v) is 6.21. The van der Waals surface area contributed by atoms with Gasteiger partial charge in [-0.1, -0.05) is 41.4 Å². The maximum absolute atomic E-state index is 12.4. The minimum atomic E-state index is 0.104. The number of halogens is 2. The molecule has 0 unspecified atom stereocenters. The highest BCUT2D eigenvalue weighted by molar-refractivity contribution is 7.99. The zero-order valence-corrected chi connectivity index (χ0v) is 18.2. The van der Waals surface area contributed by atoms with Gasteiger partial charge in [0.2, 0.25) is 5.91 Å². The second-order valence-electron chi connectivity index (χ2n) is 6.74. The number of anilines is 1. The lowest BCUT2D eigenvalue weighted by molar-refractivity contribution is -0.127. The molecule has 0 atom stereocenters. The van der Waals surface area contributed by atoms with E-state index >= 15 is 0 Å². The summed E-state index contributed by atoms with van der Waals surface area (Å²) in [5.41, 5.74) is 3.32. The van der Waals surface area contributed by atoms with E-state index < -0.39 is 0 Å². The lowest BCUT2D eigenvalue weighted by Crippen LogP contribution is -2.36. The first-order valence-electron chi connectivity index (χ1n) is 9.20. The van der Waals surface area contributed by atoms with Gasteiger partial charge in [-0.05, 0) is 35.4 Å². The number of ether oxygens (including phenoxy) is 1. The number of amides is 1. The summed E-state index contributed by atoms with van der Waals surface area (Å²) in [7, 11) is 1.84. The van der Waals surface area contributed by atoms with Crippen molar-refractivity contribution in [2.45, 2.75) is 12.3 Å². The summed E-state index contributed by atoms with van der Waals surface area (Å²) in [6.45, 7) is 4.00. The van der Waals surface area contributed by atoms with Crippen molar-refractivity contribution in [2.75, 3.05) is 44.0 Å². The van der Waals surface area contributed by atoms with Gasteiger partial charge in [0.15, 0.2) is 0 Å². The van der Waals surface area contributed by atoms with Gasteiger partial charge in [-0.25, -0.2) is 0 Å². The van der Waals surface area contributed by atoms with Crippen LogP contribution in [0.2, 0.25) is 10.0 Å². The van der Waals surface area contributed by atoms with Crippen molar-refractivity contribution in [2.24, 2.45) is 0 Å². The molecule has 7 heteroatoms. The lowest BCUT2D eigenvalue weighted by atomic mass is 10.2. The Morgan fingerprint density at radius 1 is 1.14 bits per heavy atom. The quantitative estimate of drug-likeness (QED) is 0.625. The molecule has 0 aromatic heterocycles. The first-order chi connectivity index (χ1) is 13.5.